The number of nitrogens with one attached hydrogen (secondary N) is 1. The maximum absolute atomic E-state index is 13.4. The van der Waals surface area contributed by atoms with E-state index in [9.17, 15) is 9.18 Å². The van der Waals surface area contributed by atoms with Gasteiger partial charge in [0.05, 0.1) is 4.47 Å². The zero-order chi connectivity index (χ0) is 14.7. The molecule has 0 unspecified atom stereocenters. The first-order valence-corrected chi connectivity index (χ1v) is 6.85. The highest BCUT2D eigenvalue weighted by Crippen LogP contribution is 2.19. The Morgan fingerprint density at radius 2 is 2.05 bits per heavy atom. The third-order valence-corrected chi connectivity index (χ3v) is 3.62. The molecule has 2 aromatic carbocycles. The van der Waals surface area contributed by atoms with Gasteiger partial charge < -0.3 is 11.1 Å². The Bertz CT molecular complexity index is 658. The minimum Gasteiger partial charge on any atom is -0.381 e. The SMILES string of the molecule is Cc1cc(C(N)=O)ccc1NCc1ccc(Br)c(F)c1. The molecule has 0 aliphatic carbocycles. The highest BCUT2D eigenvalue weighted by molar-refractivity contribution is 9.10. The number of hydrogen-bond acceptors (Lipinski definition) is 2. The smallest absolute Gasteiger partial charge is 0.248 e. The van der Waals surface area contributed by atoms with Crippen molar-refractivity contribution in [1.82, 2.24) is 0 Å². The summed E-state index contributed by atoms with van der Waals surface area (Å²) in [6, 6.07) is 10.2. The molecule has 0 atom stereocenters. The largest absolute Gasteiger partial charge is 0.381 e. The van der Waals surface area contributed by atoms with E-state index in [4.69, 9.17) is 5.73 Å². The van der Waals surface area contributed by atoms with Crippen molar-refractivity contribution < 1.29 is 9.18 Å². The van der Waals surface area contributed by atoms with E-state index in [0.29, 0.717) is 16.6 Å². The molecule has 0 saturated heterocycles. The number of rotatable bonds is 4. The third-order valence-electron chi connectivity index (χ3n) is 2.98. The van der Waals surface area contributed by atoms with Gasteiger partial charge in [-0.2, -0.15) is 0 Å². The summed E-state index contributed by atoms with van der Waals surface area (Å²) in [6.07, 6.45) is 0. The van der Waals surface area contributed by atoms with E-state index in [0.717, 1.165) is 16.8 Å². The fraction of sp³-hybridized carbons (Fsp3) is 0.133. The van der Waals surface area contributed by atoms with Crippen LogP contribution in [0.5, 0.6) is 0 Å². The minimum atomic E-state index is -0.449. The molecule has 0 heterocycles. The summed E-state index contributed by atoms with van der Waals surface area (Å²) < 4.78 is 13.8. The van der Waals surface area contributed by atoms with Gasteiger partial charge in [0, 0.05) is 17.8 Å². The molecule has 3 N–H and O–H groups in total. The molecule has 2 rings (SSSR count). The van der Waals surface area contributed by atoms with Crippen molar-refractivity contribution >= 4 is 27.5 Å². The van der Waals surface area contributed by atoms with E-state index in [1.807, 2.05) is 13.0 Å². The number of carbonyl (C=O) groups excluding carboxylic acids is 1. The van der Waals surface area contributed by atoms with Crippen molar-refractivity contribution in [3.63, 3.8) is 0 Å². The maximum atomic E-state index is 13.4. The number of nitrogens with two attached hydrogens (primary N) is 1. The van der Waals surface area contributed by atoms with Crippen LogP contribution in [0.4, 0.5) is 10.1 Å². The lowest BCUT2D eigenvalue weighted by atomic mass is 10.1. The van der Waals surface area contributed by atoms with Crippen LogP contribution in [0.25, 0.3) is 0 Å². The fourth-order valence-corrected chi connectivity index (χ4v) is 2.11. The van der Waals surface area contributed by atoms with Crippen molar-refractivity contribution in [2.24, 2.45) is 5.73 Å². The second-order valence-electron chi connectivity index (χ2n) is 4.50. The van der Waals surface area contributed by atoms with Gasteiger partial charge in [-0.05, 0) is 64.3 Å². The number of anilines is 1. The van der Waals surface area contributed by atoms with Crippen LogP contribution < -0.4 is 11.1 Å². The minimum absolute atomic E-state index is 0.287. The molecular weight excluding hydrogens is 323 g/mol. The van der Waals surface area contributed by atoms with Crippen molar-refractivity contribution in [2.45, 2.75) is 13.5 Å². The van der Waals surface area contributed by atoms with Gasteiger partial charge in [-0.25, -0.2) is 4.39 Å². The number of aryl methyl sites for hydroxylation is 1. The molecule has 0 saturated carbocycles. The van der Waals surface area contributed by atoms with Crippen LogP contribution in [-0.4, -0.2) is 5.91 Å². The predicted molar refractivity (Wildman–Crippen MR) is 81.1 cm³/mol. The van der Waals surface area contributed by atoms with Crippen LogP contribution in [0, 0.1) is 12.7 Å². The van der Waals surface area contributed by atoms with Crippen LogP contribution >= 0.6 is 15.9 Å². The van der Waals surface area contributed by atoms with Gasteiger partial charge in [0.1, 0.15) is 5.82 Å². The van der Waals surface area contributed by atoms with Gasteiger partial charge in [-0.3, -0.25) is 4.79 Å². The van der Waals surface area contributed by atoms with E-state index in [-0.39, 0.29) is 5.82 Å². The van der Waals surface area contributed by atoms with Gasteiger partial charge in [0.25, 0.3) is 0 Å². The molecule has 0 aliphatic rings. The molecule has 0 aliphatic heterocycles. The Morgan fingerprint density at radius 3 is 2.65 bits per heavy atom. The second kappa shape index (κ2) is 6.05. The zero-order valence-corrected chi connectivity index (χ0v) is 12.5. The summed E-state index contributed by atoms with van der Waals surface area (Å²) in [5.41, 5.74) is 8.34. The standard InChI is InChI=1S/C15H14BrFN2O/c1-9-6-11(15(18)20)3-5-14(9)19-8-10-2-4-12(16)13(17)7-10/h2-7,19H,8H2,1H3,(H2,18,20). The van der Waals surface area contributed by atoms with E-state index >= 15 is 0 Å². The zero-order valence-electron chi connectivity index (χ0n) is 10.9. The molecule has 0 radical (unpaired) electrons. The summed E-state index contributed by atoms with van der Waals surface area (Å²) in [6.45, 7) is 2.39. The maximum Gasteiger partial charge on any atom is 0.248 e. The molecule has 0 bridgehead atoms. The van der Waals surface area contributed by atoms with E-state index in [2.05, 4.69) is 21.2 Å². The lowest BCUT2D eigenvalue weighted by Gasteiger charge is -2.11. The summed E-state index contributed by atoms with van der Waals surface area (Å²) in [5.74, 6) is -0.736. The molecule has 5 heteroatoms. The van der Waals surface area contributed by atoms with Crippen LogP contribution in [-0.2, 0) is 6.54 Å². The van der Waals surface area contributed by atoms with Crippen LogP contribution in [0.3, 0.4) is 0 Å². The van der Waals surface area contributed by atoms with Crippen LogP contribution in [0.1, 0.15) is 21.5 Å². The number of primary amides is 1. The van der Waals surface area contributed by atoms with Gasteiger partial charge in [0.2, 0.25) is 5.91 Å². The van der Waals surface area contributed by atoms with Crippen molar-refractivity contribution in [1.29, 1.82) is 0 Å². The normalized spacial score (nSPS) is 10.3. The molecular formula is C15H14BrFN2O. The van der Waals surface area contributed by atoms with Gasteiger partial charge in [-0.1, -0.05) is 6.07 Å². The first-order valence-electron chi connectivity index (χ1n) is 6.05. The Balaban J connectivity index is 2.10. The third kappa shape index (κ3) is 3.36. The number of hydrogen-bond donors (Lipinski definition) is 2. The molecule has 0 aromatic heterocycles. The average molecular weight is 337 g/mol. The Hall–Kier alpha value is -1.88. The first kappa shape index (κ1) is 14.5. The Labute approximate surface area is 125 Å². The lowest BCUT2D eigenvalue weighted by Crippen LogP contribution is -2.11. The number of benzene rings is 2. The van der Waals surface area contributed by atoms with Crippen molar-refractivity contribution in [2.75, 3.05) is 5.32 Å². The Morgan fingerprint density at radius 1 is 1.30 bits per heavy atom. The number of carbonyl (C=O) groups is 1. The second-order valence-corrected chi connectivity index (χ2v) is 5.35. The summed E-state index contributed by atoms with van der Waals surface area (Å²) >= 11 is 3.12. The highest BCUT2D eigenvalue weighted by Gasteiger charge is 2.05. The molecule has 20 heavy (non-hydrogen) atoms. The van der Waals surface area contributed by atoms with E-state index in [1.54, 1.807) is 24.3 Å². The molecule has 104 valence electrons. The van der Waals surface area contributed by atoms with Gasteiger partial charge in [0.15, 0.2) is 0 Å². The summed E-state index contributed by atoms with van der Waals surface area (Å²) in [4.78, 5) is 11.1. The van der Waals surface area contributed by atoms with Gasteiger partial charge in [-0.15, -0.1) is 0 Å². The predicted octanol–water partition coefficient (Wildman–Crippen LogP) is 3.61. The topological polar surface area (TPSA) is 55.1 Å². The van der Waals surface area contributed by atoms with Gasteiger partial charge >= 0.3 is 0 Å². The quantitative estimate of drug-likeness (QED) is 0.896. The molecule has 2 aromatic rings. The lowest BCUT2D eigenvalue weighted by molar-refractivity contribution is 0.1000. The van der Waals surface area contributed by atoms with E-state index in [1.165, 1.54) is 6.07 Å². The Kier molecular flexibility index (Phi) is 4.39. The van der Waals surface area contributed by atoms with E-state index < -0.39 is 5.91 Å². The first-order chi connectivity index (χ1) is 9.47. The summed E-state index contributed by atoms with van der Waals surface area (Å²) in [5, 5.41) is 3.21. The fourth-order valence-electron chi connectivity index (χ4n) is 1.86. The molecule has 0 fully saturated rings. The monoisotopic (exact) mass is 336 g/mol. The number of amides is 1. The highest BCUT2D eigenvalue weighted by atomic mass is 79.9. The average Bonchev–Trinajstić information content (AvgIpc) is 2.41. The molecule has 1 amide bonds. The molecule has 0 spiro atoms. The van der Waals surface area contributed by atoms with Crippen LogP contribution in [0.2, 0.25) is 0 Å². The number of halogens is 2. The van der Waals surface area contributed by atoms with Crippen molar-refractivity contribution in [3.8, 4) is 0 Å². The molecule has 3 nitrogen and oxygen atoms in total. The van der Waals surface area contributed by atoms with Crippen LogP contribution in [0.15, 0.2) is 40.9 Å². The summed E-state index contributed by atoms with van der Waals surface area (Å²) in [7, 11) is 0. The van der Waals surface area contributed by atoms with Crippen molar-refractivity contribution in [3.05, 3.63) is 63.4 Å².